The molecule has 0 spiro atoms. The molecule has 386 valence electrons. The smallest absolute Gasteiger partial charge is 0.335 e. The minimum atomic E-state index is -2.20. The first-order chi connectivity index (χ1) is 31.6. The topological polar surface area (TPSA) is 571 Å². The second-order valence-electron chi connectivity index (χ2n) is 12.8. The van der Waals surface area contributed by atoms with Crippen molar-refractivity contribution < 1.29 is 91.5 Å². The van der Waals surface area contributed by atoms with Crippen molar-refractivity contribution in [3.8, 4) is 0 Å². The number of benzene rings is 2. The van der Waals surface area contributed by atoms with Crippen LogP contribution < -0.4 is 31.9 Å². The summed E-state index contributed by atoms with van der Waals surface area (Å²) in [6.07, 6.45) is -12.0. The van der Waals surface area contributed by atoms with Crippen molar-refractivity contribution >= 4 is 70.4 Å². The van der Waals surface area contributed by atoms with Gasteiger partial charge in [0.1, 0.15) is 36.6 Å². The Morgan fingerprint density at radius 1 is 0.529 bits per heavy atom. The number of hydrogen-bond donors (Lipinski definition) is 24. The van der Waals surface area contributed by atoms with Crippen LogP contribution in [-0.2, 0) is 9.59 Å². The lowest BCUT2D eigenvalue weighted by Gasteiger charge is -2.23. The van der Waals surface area contributed by atoms with E-state index < -0.39 is 84.2 Å². The van der Waals surface area contributed by atoms with E-state index in [4.69, 9.17) is 137 Å². The van der Waals surface area contributed by atoms with Crippen LogP contribution in [0.15, 0.2) is 48.5 Å². The van der Waals surface area contributed by atoms with Gasteiger partial charge in [-0.1, -0.05) is 36.0 Å². The zero-order valence-corrected chi connectivity index (χ0v) is 36.8. The van der Waals surface area contributed by atoms with Gasteiger partial charge in [0.15, 0.2) is 36.0 Å². The highest BCUT2D eigenvalue weighted by molar-refractivity contribution is 6.31. The molecule has 2 aromatic carbocycles. The number of halogens is 2. The van der Waals surface area contributed by atoms with Gasteiger partial charge >= 0.3 is 11.9 Å². The first kappa shape index (κ1) is 65.7. The molecule has 24 N–H and O–H groups in total. The summed E-state index contributed by atoms with van der Waals surface area (Å²) in [6, 6.07) is 13.9. The normalized spacial score (nSPS) is 13.5. The second-order valence-corrected chi connectivity index (χ2v) is 13.7. The molecule has 2 rings (SSSR count). The summed E-state index contributed by atoms with van der Waals surface area (Å²) in [6.45, 7) is -0.439. The largest absolute Gasteiger partial charge is 0.479 e. The number of nitrogens with one attached hydrogen (secondary N) is 10. The highest BCUT2D eigenvalue weighted by Gasteiger charge is 2.34. The molecule has 0 bridgehead atoms. The molecule has 0 radical (unpaired) electrons. The van der Waals surface area contributed by atoms with E-state index in [1.54, 1.807) is 48.5 Å². The number of carbonyl (C=O) groups is 2. The lowest BCUT2D eigenvalue weighted by atomic mass is 10.0. The van der Waals surface area contributed by atoms with E-state index in [0.29, 0.717) is 34.5 Å². The number of nitrogens with zero attached hydrogens (tertiary/aromatic N) is 2. The van der Waals surface area contributed by atoms with Crippen molar-refractivity contribution in [1.82, 2.24) is 21.3 Å². The first-order valence-electron chi connectivity index (χ1n) is 18.8. The summed E-state index contributed by atoms with van der Waals surface area (Å²) in [4.78, 5) is 36.9. The highest BCUT2D eigenvalue weighted by atomic mass is 35.5. The average Bonchev–Trinajstić information content (AvgIpc) is 3.26. The highest BCUT2D eigenvalue weighted by Crippen LogP contribution is 2.14. The Morgan fingerprint density at radius 2 is 0.794 bits per heavy atom. The van der Waals surface area contributed by atoms with Gasteiger partial charge in [-0.2, -0.15) is 0 Å². The SMILES string of the molecule is N=C(NCCCCCCNC(=N)NC(=N)Nc1ccc(Cl)cc1)NC(=N)Nc1ccc(Cl)cc1.O=C(O)[C@H](O)[C@@H](O)[C@H](O)[C@H](O)CO.O=C(O)[C@H](O)[C@@H](O)[C@H](O)[C@H](O)CO.O=[N+]([O-])O.O=[N+]([O-])O. The van der Waals surface area contributed by atoms with Crippen LogP contribution in [0.3, 0.4) is 0 Å². The monoisotopic (exact) mass is 1020 g/mol. The van der Waals surface area contributed by atoms with Crippen molar-refractivity contribution in [3.05, 3.63) is 78.8 Å². The molecule has 0 aromatic heterocycles. The summed E-state index contributed by atoms with van der Waals surface area (Å²) in [5.74, 6) is -3.34. The molecule has 0 amide bonds. The van der Waals surface area contributed by atoms with Crippen LogP contribution in [0.25, 0.3) is 0 Å². The standard InChI is InChI=1S/C22H30Cl2N10.2C6H12O7.2HNO3/c23-15-5-9-17(10-6-15)31-21(27)33-19(25)29-13-3-1-2-4-14-30-20(26)34-22(28)32-18-11-7-16(24)8-12-18;2*7-1-2(8)3(9)4(10)5(11)6(12)13;2*2-1(3)4/h5-12H,1-4,13-14H2,(H5,25,27,29,31,33)(H5,26,28,30,32,34);2*2-5,7-11H,1H2,(H,12,13);2*(H,2,3,4)/t;2*2-,3-,4+,5-;;/m.11../s1. The number of carboxylic acid groups (broad SMARTS) is 2. The third kappa shape index (κ3) is 34.7. The Balaban J connectivity index is -0.00000101. The maximum Gasteiger partial charge on any atom is 0.335 e. The van der Waals surface area contributed by atoms with Crippen LogP contribution in [0, 0.1) is 41.9 Å². The van der Waals surface area contributed by atoms with Crippen LogP contribution >= 0.6 is 23.2 Å². The van der Waals surface area contributed by atoms with E-state index in [-0.39, 0.29) is 23.8 Å². The lowest BCUT2D eigenvalue weighted by molar-refractivity contribution is -0.742. The van der Waals surface area contributed by atoms with Crippen LogP contribution in [0.2, 0.25) is 10.0 Å². The van der Waals surface area contributed by atoms with E-state index in [9.17, 15) is 9.59 Å². The Morgan fingerprint density at radius 3 is 1.03 bits per heavy atom. The van der Waals surface area contributed by atoms with Crippen molar-refractivity contribution in [2.45, 2.75) is 74.5 Å². The summed E-state index contributed by atoms with van der Waals surface area (Å²) in [5.41, 5.74) is 1.42. The molecule has 0 unspecified atom stereocenters. The fraction of sp³-hybridized carbons (Fsp3) is 0.471. The van der Waals surface area contributed by atoms with Gasteiger partial charge in [-0.05, 0) is 61.4 Å². The minimum absolute atomic E-state index is 0.00148. The summed E-state index contributed by atoms with van der Waals surface area (Å²) in [5, 5.41) is 180. The van der Waals surface area contributed by atoms with E-state index >= 15 is 0 Å². The van der Waals surface area contributed by atoms with Gasteiger partial charge in [0.2, 0.25) is 0 Å². The number of hydrogen-bond acceptors (Lipinski definition) is 20. The molecule has 68 heavy (non-hydrogen) atoms. The third-order valence-electron chi connectivity index (χ3n) is 7.45. The Kier molecular flexibility index (Phi) is 36.3. The van der Waals surface area contributed by atoms with E-state index in [0.717, 1.165) is 25.7 Å². The maximum absolute atomic E-state index is 10.1. The molecule has 8 atom stereocenters. The number of unbranched alkanes of at least 4 members (excludes halogenated alkanes) is 3. The molecule has 0 aliphatic heterocycles. The Bertz CT molecular complexity index is 1690. The molecule has 0 heterocycles. The van der Waals surface area contributed by atoms with Gasteiger partial charge in [-0.3, -0.25) is 32.3 Å². The number of carboxylic acids is 2. The predicted octanol–water partition coefficient (Wildman–Crippen LogP) is -3.51. The Hall–Kier alpha value is -6.56. The summed E-state index contributed by atoms with van der Waals surface area (Å²) < 4.78 is 0. The molecule has 32 nitrogen and oxygen atoms in total. The van der Waals surface area contributed by atoms with Gasteiger partial charge in [0, 0.05) is 34.5 Å². The van der Waals surface area contributed by atoms with Gasteiger partial charge in [0.25, 0.3) is 10.2 Å². The first-order valence-corrected chi connectivity index (χ1v) is 19.6. The number of aliphatic carboxylic acids is 2. The van der Waals surface area contributed by atoms with E-state index in [1.807, 2.05) is 0 Å². The lowest BCUT2D eigenvalue weighted by Crippen LogP contribution is -2.48. The molecule has 34 heteroatoms. The Labute approximate surface area is 394 Å². The molecular formula is C34H56Cl2N12O20. The zero-order valence-electron chi connectivity index (χ0n) is 35.3. The van der Waals surface area contributed by atoms with Crippen molar-refractivity contribution in [2.24, 2.45) is 0 Å². The fourth-order valence-corrected chi connectivity index (χ4v) is 4.38. The van der Waals surface area contributed by atoms with Gasteiger partial charge < -0.3 is 93.0 Å². The molecule has 2 aromatic rings. The quantitative estimate of drug-likeness (QED) is 0.0213. The number of anilines is 2. The number of guanidine groups is 4. The fourth-order valence-electron chi connectivity index (χ4n) is 4.12. The van der Waals surface area contributed by atoms with Crippen molar-refractivity contribution in [3.63, 3.8) is 0 Å². The minimum Gasteiger partial charge on any atom is -0.479 e. The van der Waals surface area contributed by atoms with Crippen LogP contribution in [-0.4, -0.2) is 193 Å². The molecule has 0 saturated heterocycles. The molecule has 0 aliphatic rings. The van der Waals surface area contributed by atoms with Gasteiger partial charge in [-0.25, -0.2) is 9.59 Å². The number of aliphatic hydroxyl groups excluding tert-OH is 10. The molecule has 0 aliphatic carbocycles. The summed E-state index contributed by atoms with van der Waals surface area (Å²) >= 11 is 11.7. The van der Waals surface area contributed by atoms with E-state index in [2.05, 4.69) is 31.9 Å². The molecule has 0 fully saturated rings. The van der Waals surface area contributed by atoms with Gasteiger partial charge in [0.05, 0.1) is 13.2 Å². The number of rotatable bonds is 19. The second kappa shape index (κ2) is 37.5. The van der Waals surface area contributed by atoms with Crippen molar-refractivity contribution in [2.75, 3.05) is 36.9 Å². The van der Waals surface area contributed by atoms with E-state index in [1.165, 1.54) is 0 Å². The summed E-state index contributed by atoms with van der Waals surface area (Å²) in [7, 11) is 0. The third-order valence-corrected chi connectivity index (χ3v) is 7.95. The number of aliphatic hydroxyl groups is 10. The van der Waals surface area contributed by atoms with Crippen LogP contribution in [0.1, 0.15) is 25.7 Å². The zero-order chi connectivity index (χ0) is 53.1. The molecular weight excluding hydrogens is 967 g/mol. The van der Waals surface area contributed by atoms with Crippen LogP contribution in [0.5, 0.6) is 0 Å². The maximum atomic E-state index is 10.1. The predicted molar refractivity (Wildman–Crippen MR) is 237 cm³/mol. The average molecular weight is 1020 g/mol. The van der Waals surface area contributed by atoms with Crippen LogP contribution in [0.4, 0.5) is 11.4 Å². The van der Waals surface area contributed by atoms with Gasteiger partial charge in [-0.15, -0.1) is 20.2 Å². The van der Waals surface area contributed by atoms with Crippen molar-refractivity contribution in [1.29, 1.82) is 21.6 Å². The molecule has 0 saturated carbocycles.